The van der Waals surface area contributed by atoms with Crippen molar-refractivity contribution in [3.05, 3.63) is 60.2 Å². The second kappa shape index (κ2) is 7.29. The standard InChI is InChI=1S/C19H23N5O/c25-19(16-2-1-7-21-12-16)24-10-5-15(6-11-24)18-17(13-22-23-18)14-3-8-20-9-4-14/h1-4,7-9,12,15,17-18,22-23H,5-6,10-11,13H2. The van der Waals surface area contributed by atoms with Crippen LogP contribution in [-0.4, -0.2) is 46.5 Å². The summed E-state index contributed by atoms with van der Waals surface area (Å²) in [5.41, 5.74) is 8.79. The molecule has 2 fully saturated rings. The Morgan fingerprint density at radius 3 is 2.60 bits per heavy atom. The van der Waals surface area contributed by atoms with Gasteiger partial charge in [0.1, 0.15) is 0 Å². The van der Waals surface area contributed by atoms with Crippen molar-refractivity contribution in [1.82, 2.24) is 25.7 Å². The molecule has 2 atom stereocenters. The minimum Gasteiger partial charge on any atom is -0.339 e. The number of amides is 1. The third kappa shape index (κ3) is 3.41. The zero-order valence-electron chi connectivity index (χ0n) is 14.1. The summed E-state index contributed by atoms with van der Waals surface area (Å²) in [4.78, 5) is 22.7. The van der Waals surface area contributed by atoms with Gasteiger partial charge in [-0.15, -0.1) is 0 Å². The molecule has 2 N–H and O–H groups in total. The summed E-state index contributed by atoms with van der Waals surface area (Å²) in [6.45, 7) is 2.54. The van der Waals surface area contributed by atoms with Gasteiger partial charge in [-0.1, -0.05) is 0 Å². The molecule has 0 radical (unpaired) electrons. The second-order valence-corrected chi connectivity index (χ2v) is 6.81. The van der Waals surface area contributed by atoms with Crippen LogP contribution in [0, 0.1) is 5.92 Å². The molecular weight excluding hydrogens is 314 g/mol. The molecule has 130 valence electrons. The summed E-state index contributed by atoms with van der Waals surface area (Å²) < 4.78 is 0. The van der Waals surface area contributed by atoms with Gasteiger partial charge in [-0.25, -0.2) is 0 Å². The summed E-state index contributed by atoms with van der Waals surface area (Å²) in [6.07, 6.45) is 9.11. The molecule has 2 unspecified atom stereocenters. The largest absolute Gasteiger partial charge is 0.339 e. The number of hydrazine groups is 1. The molecule has 4 rings (SSSR count). The zero-order chi connectivity index (χ0) is 17.1. The van der Waals surface area contributed by atoms with Crippen LogP contribution in [0.2, 0.25) is 0 Å². The first-order valence-corrected chi connectivity index (χ1v) is 8.90. The Hall–Kier alpha value is -2.31. The fraction of sp³-hybridized carbons (Fsp3) is 0.421. The van der Waals surface area contributed by atoms with Crippen molar-refractivity contribution in [3.63, 3.8) is 0 Å². The Bertz CT molecular complexity index is 700. The number of nitrogens with one attached hydrogen (secondary N) is 2. The number of rotatable bonds is 3. The van der Waals surface area contributed by atoms with Crippen LogP contribution >= 0.6 is 0 Å². The van der Waals surface area contributed by atoms with Gasteiger partial charge in [0.25, 0.3) is 5.91 Å². The van der Waals surface area contributed by atoms with Crippen molar-refractivity contribution >= 4 is 5.91 Å². The molecule has 25 heavy (non-hydrogen) atoms. The average Bonchev–Trinajstić information content (AvgIpc) is 3.19. The summed E-state index contributed by atoms with van der Waals surface area (Å²) in [5.74, 6) is 1.11. The maximum Gasteiger partial charge on any atom is 0.255 e. The molecule has 2 aromatic heterocycles. The van der Waals surface area contributed by atoms with Crippen LogP contribution in [0.5, 0.6) is 0 Å². The fourth-order valence-corrected chi connectivity index (χ4v) is 4.03. The second-order valence-electron chi connectivity index (χ2n) is 6.81. The van der Waals surface area contributed by atoms with Crippen molar-refractivity contribution in [2.75, 3.05) is 19.6 Å². The van der Waals surface area contributed by atoms with Crippen molar-refractivity contribution in [1.29, 1.82) is 0 Å². The van der Waals surface area contributed by atoms with Gasteiger partial charge in [-0.3, -0.25) is 25.6 Å². The van der Waals surface area contributed by atoms with E-state index in [4.69, 9.17) is 0 Å². The van der Waals surface area contributed by atoms with Gasteiger partial charge in [0, 0.05) is 56.4 Å². The lowest BCUT2D eigenvalue weighted by molar-refractivity contribution is 0.0669. The highest BCUT2D eigenvalue weighted by Crippen LogP contribution is 2.32. The van der Waals surface area contributed by atoms with E-state index in [0.29, 0.717) is 23.4 Å². The predicted octanol–water partition coefficient (Wildman–Crippen LogP) is 1.59. The summed E-state index contributed by atoms with van der Waals surface area (Å²) in [5, 5.41) is 0. The number of pyridine rings is 2. The number of carbonyl (C=O) groups excluding carboxylic acids is 1. The predicted molar refractivity (Wildman–Crippen MR) is 94.8 cm³/mol. The highest BCUT2D eigenvalue weighted by Gasteiger charge is 2.36. The van der Waals surface area contributed by atoms with Crippen LogP contribution in [0.4, 0.5) is 0 Å². The van der Waals surface area contributed by atoms with Crippen molar-refractivity contribution in [2.45, 2.75) is 24.8 Å². The van der Waals surface area contributed by atoms with E-state index in [-0.39, 0.29) is 5.91 Å². The van der Waals surface area contributed by atoms with E-state index in [1.807, 2.05) is 29.4 Å². The van der Waals surface area contributed by atoms with Gasteiger partial charge in [0.15, 0.2) is 0 Å². The minimum atomic E-state index is 0.0924. The molecule has 4 heterocycles. The van der Waals surface area contributed by atoms with Gasteiger partial charge in [-0.2, -0.15) is 0 Å². The molecule has 2 saturated heterocycles. The third-order valence-electron chi connectivity index (χ3n) is 5.40. The molecule has 2 aromatic rings. The minimum absolute atomic E-state index is 0.0924. The monoisotopic (exact) mass is 337 g/mol. The van der Waals surface area contributed by atoms with Crippen LogP contribution in [0.15, 0.2) is 49.1 Å². The topological polar surface area (TPSA) is 70.2 Å². The normalized spacial score (nSPS) is 24.4. The lowest BCUT2D eigenvalue weighted by Crippen LogP contribution is -2.45. The van der Waals surface area contributed by atoms with Crippen LogP contribution in [0.3, 0.4) is 0 Å². The van der Waals surface area contributed by atoms with Gasteiger partial charge in [0.2, 0.25) is 0 Å². The third-order valence-corrected chi connectivity index (χ3v) is 5.40. The fourth-order valence-electron chi connectivity index (χ4n) is 4.03. The molecule has 0 aromatic carbocycles. The lowest BCUT2D eigenvalue weighted by Gasteiger charge is -2.36. The molecule has 2 aliphatic rings. The molecule has 0 aliphatic carbocycles. The van der Waals surface area contributed by atoms with E-state index < -0.39 is 0 Å². The molecule has 2 aliphatic heterocycles. The first-order chi connectivity index (χ1) is 12.3. The number of piperidine rings is 1. The highest BCUT2D eigenvalue weighted by molar-refractivity contribution is 5.93. The number of nitrogens with zero attached hydrogens (tertiary/aromatic N) is 3. The maximum absolute atomic E-state index is 12.6. The van der Waals surface area contributed by atoms with Crippen molar-refractivity contribution < 1.29 is 4.79 Å². The van der Waals surface area contributed by atoms with Gasteiger partial charge >= 0.3 is 0 Å². The number of hydrogen-bond donors (Lipinski definition) is 2. The molecule has 0 saturated carbocycles. The zero-order valence-corrected chi connectivity index (χ0v) is 14.1. The van der Waals surface area contributed by atoms with Crippen molar-refractivity contribution in [3.8, 4) is 0 Å². The van der Waals surface area contributed by atoms with Gasteiger partial charge in [0.05, 0.1) is 5.56 Å². The first kappa shape index (κ1) is 16.2. The van der Waals surface area contributed by atoms with E-state index in [1.54, 1.807) is 12.4 Å². The molecule has 6 heteroatoms. The van der Waals surface area contributed by atoms with Gasteiger partial charge in [-0.05, 0) is 48.6 Å². The smallest absolute Gasteiger partial charge is 0.255 e. The number of hydrogen-bond acceptors (Lipinski definition) is 5. The molecular formula is C19H23N5O. The molecule has 1 amide bonds. The van der Waals surface area contributed by atoms with Crippen molar-refractivity contribution in [2.24, 2.45) is 5.92 Å². The summed E-state index contributed by atoms with van der Waals surface area (Å²) in [7, 11) is 0. The number of aromatic nitrogens is 2. The molecule has 0 spiro atoms. The number of carbonyl (C=O) groups is 1. The Labute approximate surface area is 147 Å². The Morgan fingerprint density at radius 2 is 1.88 bits per heavy atom. The summed E-state index contributed by atoms with van der Waals surface area (Å²) in [6, 6.07) is 8.26. The first-order valence-electron chi connectivity index (χ1n) is 8.90. The van der Waals surface area contributed by atoms with E-state index in [9.17, 15) is 4.79 Å². The Balaban J connectivity index is 1.39. The Morgan fingerprint density at radius 1 is 1.08 bits per heavy atom. The van der Waals surface area contributed by atoms with E-state index in [1.165, 1.54) is 5.56 Å². The average molecular weight is 337 g/mol. The SMILES string of the molecule is O=C(c1cccnc1)N1CCC(C2NNCC2c2ccncc2)CC1. The van der Waals surface area contributed by atoms with Crippen LogP contribution in [0.1, 0.15) is 34.7 Å². The summed E-state index contributed by atoms with van der Waals surface area (Å²) >= 11 is 0. The van der Waals surface area contributed by atoms with Crippen LogP contribution in [-0.2, 0) is 0 Å². The number of likely N-dealkylation sites (tertiary alicyclic amines) is 1. The van der Waals surface area contributed by atoms with E-state index in [0.717, 1.165) is 32.5 Å². The molecule has 6 nitrogen and oxygen atoms in total. The van der Waals surface area contributed by atoms with Crippen LogP contribution < -0.4 is 10.9 Å². The quantitative estimate of drug-likeness (QED) is 0.890. The highest BCUT2D eigenvalue weighted by atomic mass is 16.2. The maximum atomic E-state index is 12.6. The molecule has 0 bridgehead atoms. The van der Waals surface area contributed by atoms with Crippen LogP contribution in [0.25, 0.3) is 0 Å². The van der Waals surface area contributed by atoms with E-state index >= 15 is 0 Å². The lowest BCUT2D eigenvalue weighted by atomic mass is 9.80. The Kier molecular flexibility index (Phi) is 4.72. The van der Waals surface area contributed by atoms with E-state index in [2.05, 4.69) is 33.0 Å². The van der Waals surface area contributed by atoms with Gasteiger partial charge < -0.3 is 4.90 Å².